The van der Waals surface area contributed by atoms with Crippen molar-refractivity contribution in [2.75, 3.05) is 5.32 Å². The first-order valence-electron chi connectivity index (χ1n) is 6.40. The third-order valence-corrected chi connectivity index (χ3v) is 2.77. The van der Waals surface area contributed by atoms with Crippen LogP contribution in [0.1, 0.15) is 52.1 Å². The van der Waals surface area contributed by atoms with Gasteiger partial charge in [0.1, 0.15) is 5.82 Å². The van der Waals surface area contributed by atoms with Crippen LogP contribution < -0.4 is 5.32 Å². The van der Waals surface area contributed by atoms with Crippen molar-refractivity contribution in [2.45, 2.75) is 59.0 Å². The van der Waals surface area contributed by atoms with E-state index < -0.39 is 0 Å². The van der Waals surface area contributed by atoms with E-state index in [-0.39, 0.29) is 0 Å². The Bertz CT molecular complexity index is 321. The molecule has 1 aromatic rings. The number of anilines is 1. The highest BCUT2D eigenvalue weighted by Gasteiger charge is 2.27. The third kappa shape index (κ3) is 2.77. The van der Waals surface area contributed by atoms with Crippen LogP contribution in [-0.4, -0.2) is 15.8 Å². The van der Waals surface area contributed by atoms with Gasteiger partial charge in [0.05, 0.1) is 5.69 Å². The summed E-state index contributed by atoms with van der Waals surface area (Å²) in [5, 5.41) is 8.20. The molecule has 0 unspecified atom stereocenters. The van der Waals surface area contributed by atoms with Gasteiger partial charge in [0.2, 0.25) is 0 Å². The summed E-state index contributed by atoms with van der Waals surface area (Å²) in [5.41, 5.74) is 1.28. The highest BCUT2D eigenvalue weighted by atomic mass is 15.3. The molecule has 1 N–H and O–H groups in total. The fourth-order valence-electron chi connectivity index (χ4n) is 1.91. The number of aromatic nitrogens is 2. The molecule has 1 aromatic heterocycles. The molecule has 1 fully saturated rings. The van der Waals surface area contributed by atoms with Crippen molar-refractivity contribution < 1.29 is 0 Å². The fraction of sp³-hybridized carbons (Fsp3) is 0.769. The molecule has 1 aliphatic rings. The van der Waals surface area contributed by atoms with E-state index in [1.54, 1.807) is 0 Å². The van der Waals surface area contributed by atoms with Gasteiger partial charge in [0, 0.05) is 24.6 Å². The van der Waals surface area contributed by atoms with E-state index in [1.807, 2.05) is 0 Å². The summed E-state index contributed by atoms with van der Waals surface area (Å²) in [6, 6.07) is 2.70. The van der Waals surface area contributed by atoms with Gasteiger partial charge in [0.25, 0.3) is 0 Å². The lowest BCUT2D eigenvalue weighted by Crippen LogP contribution is -2.16. The second-order valence-electron chi connectivity index (χ2n) is 5.60. The Morgan fingerprint density at radius 1 is 1.38 bits per heavy atom. The third-order valence-electron chi connectivity index (χ3n) is 2.77. The second-order valence-corrected chi connectivity index (χ2v) is 5.60. The molecule has 1 saturated carbocycles. The second kappa shape index (κ2) is 4.48. The summed E-state index contributed by atoms with van der Waals surface area (Å²) in [5.74, 6) is 2.56. The van der Waals surface area contributed by atoms with Crippen molar-refractivity contribution in [3.05, 3.63) is 11.8 Å². The Morgan fingerprint density at radius 3 is 2.56 bits per heavy atom. The first kappa shape index (κ1) is 11.5. The van der Waals surface area contributed by atoms with Gasteiger partial charge in [-0.1, -0.05) is 13.8 Å². The van der Waals surface area contributed by atoms with Crippen LogP contribution in [0.3, 0.4) is 0 Å². The molecule has 1 heterocycles. The minimum atomic E-state index is 0.467. The van der Waals surface area contributed by atoms with Gasteiger partial charge in [-0.15, -0.1) is 0 Å². The van der Waals surface area contributed by atoms with E-state index in [0.29, 0.717) is 12.0 Å². The molecular formula is C13H23N3. The summed E-state index contributed by atoms with van der Waals surface area (Å²) in [6.07, 6.45) is 2.64. The average molecular weight is 221 g/mol. The average Bonchev–Trinajstić information content (AvgIpc) is 2.91. The number of nitrogens with one attached hydrogen (secondary N) is 1. The Hall–Kier alpha value is -0.990. The summed E-state index contributed by atoms with van der Waals surface area (Å²) >= 11 is 0. The molecule has 0 atom stereocenters. The highest BCUT2D eigenvalue weighted by molar-refractivity contribution is 5.40. The number of hydrogen-bond acceptors (Lipinski definition) is 2. The van der Waals surface area contributed by atoms with Crippen LogP contribution in [0.25, 0.3) is 0 Å². The van der Waals surface area contributed by atoms with Gasteiger partial charge in [-0.05, 0) is 32.6 Å². The van der Waals surface area contributed by atoms with Gasteiger partial charge in [-0.2, -0.15) is 5.10 Å². The Balaban J connectivity index is 2.17. The molecule has 3 heteroatoms. The summed E-state index contributed by atoms with van der Waals surface area (Å²) < 4.78 is 2.14. The molecule has 0 amide bonds. The standard InChI is InChI=1S/C13H23N3/c1-9(2)8-16-13(14-10(3)4)7-12(15-16)11-5-6-11/h7,9-11,14H,5-6,8H2,1-4H3. The maximum absolute atomic E-state index is 4.72. The first-order valence-corrected chi connectivity index (χ1v) is 6.40. The van der Waals surface area contributed by atoms with E-state index >= 15 is 0 Å². The number of nitrogens with zero attached hydrogens (tertiary/aromatic N) is 2. The molecular weight excluding hydrogens is 198 g/mol. The van der Waals surface area contributed by atoms with Gasteiger partial charge in [0.15, 0.2) is 0 Å². The Morgan fingerprint density at radius 2 is 2.06 bits per heavy atom. The normalized spacial score (nSPS) is 16.1. The molecule has 0 saturated heterocycles. The summed E-state index contributed by atoms with van der Waals surface area (Å²) in [7, 11) is 0. The summed E-state index contributed by atoms with van der Waals surface area (Å²) in [6.45, 7) is 9.81. The van der Waals surface area contributed by atoms with Gasteiger partial charge >= 0.3 is 0 Å². The van der Waals surface area contributed by atoms with Crippen molar-refractivity contribution in [1.82, 2.24) is 9.78 Å². The van der Waals surface area contributed by atoms with Crippen LogP contribution in [0.2, 0.25) is 0 Å². The van der Waals surface area contributed by atoms with Gasteiger partial charge in [-0.25, -0.2) is 4.68 Å². The van der Waals surface area contributed by atoms with E-state index in [4.69, 9.17) is 5.10 Å². The molecule has 1 aliphatic carbocycles. The van der Waals surface area contributed by atoms with Crippen LogP contribution in [0.15, 0.2) is 6.07 Å². The topological polar surface area (TPSA) is 29.9 Å². The van der Waals surface area contributed by atoms with Crippen molar-refractivity contribution in [3.8, 4) is 0 Å². The SMILES string of the molecule is CC(C)Cn1nc(C2CC2)cc1NC(C)C. The van der Waals surface area contributed by atoms with Crippen LogP contribution in [0.5, 0.6) is 0 Å². The van der Waals surface area contributed by atoms with Crippen molar-refractivity contribution in [1.29, 1.82) is 0 Å². The van der Waals surface area contributed by atoms with Crippen molar-refractivity contribution in [3.63, 3.8) is 0 Å². The molecule has 16 heavy (non-hydrogen) atoms. The predicted molar refractivity (Wildman–Crippen MR) is 67.8 cm³/mol. The minimum absolute atomic E-state index is 0.467. The van der Waals surface area contributed by atoms with Crippen molar-refractivity contribution in [2.24, 2.45) is 5.92 Å². The highest BCUT2D eigenvalue weighted by Crippen LogP contribution is 2.40. The fourth-order valence-corrected chi connectivity index (χ4v) is 1.91. The first-order chi connectivity index (χ1) is 7.56. The molecule has 0 radical (unpaired) electrons. The number of hydrogen-bond donors (Lipinski definition) is 1. The minimum Gasteiger partial charge on any atom is -0.368 e. The van der Waals surface area contributed by atoms with E-state index in [9.17, 15) is 0 Å². The monoisotopic (exact) mass is 221 g/mol. The van der Waals surface area contributed by atoms with E-state index in [2.05, 4.69) is 43.8 Å². The van der Waals surface area contributed by atoms with Crippen molar-refractivity contribution >= 4 is 5.82 Å². The molecule has 0 aliphatic heterocycles. The molecule has 3 nitrogen and oxygen atoms in total. The molecule has 0 bridgehead atoms. The molecule has 0 aromatic carbocycles. The molecule has 90 valence electrons. The Kier molecular flexibility index (Phi) is 3.22. The maximum atomic E-state index is 4.72. The van der Waals surface area contributed by atoms with Crippen LogP contribution >= 0.6 is 0 Å². The zero-order valence-electron chi connectivity index (χ0n) is 10.8. The largest absolute Gasteiger partial charge is 0.368 e. The summed E-state index contributed by atoms with van der Waals surface area (Å²) in [4.78, 5) is 0. The van der Waals surface area contributed by atoms with E-state index in [1.165, 1.54) is 24.4 Å². The maximum Gasteiger partial charge on any atom is 0.124 e. The zero-order valence-corrected chi connectivity index (χ0v) is 10.8. The predicted octanol–water partition coefficient (Wildman–Crippen LogP) is 3.24. The van der Waals surface area contributed by atoms with E-state index in [0.717, 1.165) is 12.5 Å². The van der Waals surface area contributed by atoms with Crippen LogP contribution in [0.4, 0.5) is 5.82 Å². The van der Waals surface area contributed by atoms with Crippen LogP contribution in [-0.2, 0) is 6.54 Å². The van der Waals surface area contributed by atoms with Gasteiger partial charge < -0.3 is 5.32 Å². The quantitative estimate of drug-likeness (QED) is 0.827. The lowest BCUT2D eigenvalue weighted by molar-refractivity contribution is 0.482. The Labute approximate surface area is 98.2 Å². The molecule has 2 rings (SSSR count). The lowest BCUT2D eigenvalue weighted by Gasteiger charge is -2.13. The molecule has 0 spiro atoms. The lowest BCUT2D eigenvalue weighted by atomic mass is 10.2. The van der Waals surface area contributed by atoms with Gasteiger partial charge in [-0.3, -0.25) is 0 Å². The zero-order chi connectivity index (χ0) is 11.7. The number of rotatable bonds is 5. The smallest absolute Gasteiger partial charge is 0.124 e. The van der Waals surface area contributed by atoms with Crippen LogP contribution in [0, 0.1) is 5.92 Å².